The number of ether oxygens (including phenoxy) is 1. The van der Waals surface area contributed by atoms with Crippen LogP contribution in [0, 0.1) is 11.6 Å². The standard InChI is InChI=1S/C71H85F2N15O13S2/c1-39-63(93)82-54(26-43-32-77-51-17-13-45(72)28-49(43)51)65(95)83-55(27-44-33-78-52-18-14-46(73)29-50(44)52)66(96)85-57(31-61(90)91)68(98)84-56(30-47-34-76-38-79-47)67(97)86-58(25-40-11-15-48(101-3)16-12-40)69(99)88-22-7-20-71(88,2)70(100)87-59(62(75)92)37-103-36-42-9-6-8-41(24-42)35-102-23-19-60(89)81-53(64(94)80-39)10-4-5-21-74/h6,8-9,11-18,24,28-29,32-34,38-39,53-59,77-78H,4-5,7,10,19-23,25-27,30-31,35-37,74H2,1-3H3,(H2,75,92)(H,76,79)(H,80,94)(H,81,89)(H,82,93)(H,83,95)(H,84,98)(H,85,96)(H,86,97)(H,87,100)(H,90,91)/t39-,53+,54+,55+,56+,57+,58+,59+,71?/m1/s1. The topological polar surface area (TPSA) is 429 Å². The van der Waals surface area contributed by atoms with Crippen molar-refractivity contribution in [2.45, 2.75) is 150 Å². The number of amides is 10. The lowest BCUT2D eigenvalue weighted by molar-refractivity contribution is -0.147. The van der Waals surface area contributed by atoms with Gasteiger partial charge in [0.25, 0.3) is 0 Å². The number of carboxylic acid groups (broad SMARTS) is 1. The summed E-state index contributed by atoms with van der Waals surface area (Å²) in [6.07, 6.45) is 4.59. The van der Waals surface area contributed by atoms with Gasteiger partial charge in [-0.05, 0) is 129 Å². The van der Waals surface area contributed by atoms with Gasteiger partial charge in [-0.2, -0.15) is 23.5 Å². The van der Waals surface area contributed by atoms with E-state index in [4.69, 9.17) is 16.2 Å². The van der Waals surface area contributed by atoms with Gasteiger partial charge < -0.3 is 83.7 Å². The molecule has 16 N–H and O–H groups in total. The zero-order chi connectivity index (χ0) is 73.9. The van der Waals surface area contributed by atoms with Crippen molar-refractivity contribution in [2.24, 2.45) is 11.5 Å². The highest BCUT2D eigenvalue weighted by Crippen LogP contribution is 2.32. The lowest BCUT2D eigenvalue weighted by atomic mass is 9.95. The van der Waals surface area contributed by atoms with Gasteiger partial charge in [0, 0.05) is 108 Å². The molecule has 0 spiro atoms. The van der Waals surface area contributed by atoms with Crippen LogP contribution in [0.15, 0.2) is 110 Å². The van der Waals surface area contributed by atoms with Gasteiger partial charge >= 0.3 is 5.97 Å². The van der Waals surface area contributed by atoms with E-state index < -0.39 is 143 Å². The molecule has 0 aliphatic carbocycles. The van der Waals surface area contributed by atoms with Gasteiger partial charge in [-0.3, -0.25) is 52.7 Å². The van der Waals surface area contributed by atoms with Crippen molar-refractivity contribution in [3.63, 3.8) is 0 Å². The molecular weight excluding hydrogens is 1370 g/mol. The van der Waals surface area contributed by atoms with E-state index in [9.17, 15) is 43.1 Å². The molecule has 548 valence electrons. The molecule has 4 aromatic carbocycles. The molecule has 2 aliphatic heterocycles. The number of rotatable bonds is 16. The first-order valence-corrected chi connectivity index (χ1v) is 36.0. The van der Waals surface area contributed by atoms with Crippen LogP contribution in [0.5, 0.6) is 5.75 Å². The number of thioether (sulfide) groups is 2. The third-order valence-corrected chi connectivity index (χ3v) is 20.2. The fourth-order valence-corrected chi connectivity index (χ4v) is 14.3. The molecular formula is C71H85F2N15O13S2. The molecule has 2 bridgehead atoms. The number of primary amides is 1. The third kappa shape index (κ3) is 20.9. The zero-order valence-corrected chi connectivity index (χ0v) is 58.6. The number of nitrogens with one attached hydrogen (secondary N) is 11. The normalized spacial score (nSPS) is 23.2. The highest BCUT2D eigenvalue weighted by atomic mass is 32.2. The predicted octanol–water partition coefficient (Wildman–Crippen LogP) is 2.87. The summed E-state index contributed by atoms with van der Waals surface area (Å²) in [5.74, 6) is -9.94. The fourth-order valence-electron chi connectivity index (χ4n) is 12.4. The van der Waals surface area contributed by atoms with Crippen molar-refractivity contribution in [1.82, 2.24) is 67.4 Å². The number of carbonyl (C=O) groups excluding carboxylic acids is 10. The SMILES string of the molecule is COc1ccc(C[C@@H]2NC(=O)[C@H](Cc3cnc[nH]3)NC(=O)[C@H](CC(=O)O)NC(=O)[C@H](Cc3c[nH]c4ccc(F)cc34)NC(=O)[C@H](Cc3c[nH]c4ccc(F)cc34)NC(=O)[C@@H](C)NC(=O)[C@H](CCCCN)NC(=O)CCSCc3cccc(c3)CSC[C@@H](C(N)=O)NC(=O)C3(C)CCCN3C2=O)cc1. The Labute approximate surface area is 600 Å². The maximum absolute atomic E-state index is 15.3. The third-order valence-electron chi connectivity index (χ3n) is 18.1. The summed E-state index contributed by atoms with van der Waals surface area (Å²) in [5.41, 5.74) is 14.2. The number of nitrogens with zero attached hydrogens (tertiary/aromatic N) is 2. The molecule has 1 fully saturated rings. The van der Waals surface area contributed by atoms with Crippen LogP contribution >= 0.6 is 23.5 Å². The van der Waals surface area contributed by atoms with Crippen LogP contribution in [-0.4, -0.2) is 181 Å². The Balaban J connectivity index is 1.07. The van der Waals surface area contributed by atoms with Crippen molar-refractivity contribution in [3.05, 3.63) is 155 Å². The van der Waals surface area contributed by atoms with E-state index in [2.05, 4.69) is 62.5 Å². The summed E-state index contributed by atoms with van der Waals surface area (Å²) >= 11 is 2.80. The van der Waals surface area contributed by atoms with Crippen molar-refractivity contribution in [2.75, 3.05) is 31.7 Å². The number of methoxy groups -OCH3 is 1. The van der Waals surface area contributed by atoms with Crippen LogP contribution in [-0.2, 0) is 89.9 Å². The van der Waals surface area contributed by atoms with Crippen molar-refractivity contribution in [3.8, 4) is 5.75 Å². The van der Waals surface area contributed by atoms with E-state index in [0.29, 0.717) is 76.4 Å². The molecule has 0 radical (unpaired) electrons. The molecule has 5 heterocycles. The molecule has 1 unspecified atom stereocenters. The second-order valence-electron chi connectivity index (χ2n) is 25.7. The van der Waals surface area contributed by atoms with Crippen LogP contribution in [0.1, 0.15) is 92.3 Å². The molecule has 10 amide bonds. The highest BCUT2D eigenvalue weighted by molar-refractivity contribution is 7.98. The number of aromatic nitrogens is 4. The van der Waals surface area contributed by atoms with Crippen LogP contribution in [0.3, 0.4) is 0 Å². The van der Waals surface area contributed by atoms with Crippen molar-refractivity contribution < 1.29 is 71.4 Å². The summed E-state index contributed by atoms with van der Waals surface area (Å²) in [4.78, 5) is 173. The molecule has 0 saturated carbocycles. The summed E-state index contributed by atoms with van der Waals surface area (Å²) in [6, 6.07) is 9.56. The quantitative estimate of drug-likeness (QED) is 0.0619. The van der Waals surface area contributed by atoms with E-state index >= 15 is 23.6 Å². The number of aliphatic carboxylic acids is 1. The van der Waals surface area contributed by atoms with Gasteiger partial charge in [-0.25, -0.2) is 13.8 Å². The fraction of sp³-hybridized carbons (Fsp3) is 0.408. The minimum atomic E-state index is -2.04. The Morgan fingerprint density at radius 3 is 1.82 bits per heavy atom. The number of carboxylic acids is 1. The highest BCUT2D eigenvalue weighted by Gasteiger charge is 2.49. The minimum Gasteiger partial charge on any atom is -0.497 e. The van der Waals surface area contributed by atoms with Gasteiger partial charge in [0.05, 0.1) is 19.9 Å². The van der Waals surface area contributed by atoms with Crippen LogP contribution in [0.4, 0.5) is 8.78 Å². The summed E-state index contributed by atoms with van der Waals surface area (Å²) in [6.45, 7) is 3.21. The Morgan fingerprint density at radius 2 is 1.23 bits per heavy atom. The molecule has 9 atom stereocenters. The molecule has 32 heteroatoms. The number of benzene rings is 4. The number of unbranched alkanes of at least 4 members (excludes halogenated alkanes) is 1. The number of carbonyl (C=O) groups is 11. The average molecular weight is 1460 g/mol. The molecule has 28 nitrogen and oxygen atoms in total. The molecule has 3 aromatic heterocycles. The Hall–Kier alpha value is -10.3. The number of hydrogen-bond acceptors (Lipinski definition) is 16. The van der Waals surface area contributed by atoms with Crippen LogP contribution < -0.4 is 58.7 Å². The van der Waals surface area contributed by atoms with Gasteiger partial charge in [-0.15, -0.1) is 0 Å². The summed E-state index contributed by atoms with van der Waals surface area (Å²) in [7, 11) is 1.47. The van der Waals surface area contributed by atoms with Gasteiger partial charge in [0.15, 0.2) is 0 Å². The van der Waals surface area contributed by atoms with Gasteiger partial charge in [0.2, 0.25) is 59.1 Å². The number of imidazole rings is 1. The maximum atomic E-state index is 15.3. The number of nitrogens with two attached hydrogens (primary N) is 2. The Kier molecular flexibility index (Phi) is 26.9. The lowest BCUT2D eigenvalue weighted by Crippen LogP contribution is -2.63. The van der Waals surface area contributed by atoms with Gasteiger partial charge in [-0.1, -0.05) is 36.4 Å². The van der Waals surface area contributed by atoms with E-state index in [1.807, 2.05) is 24.3 Å². The maximum Gasteiger partial charge on any atom is 0.305 e. The lowest BCUT2D eigenvalue weighted by Gasteiger charge is -2.37. The predicted molar refractivity (Wildman–Crippen MR) is 381 cm³/mol. The molecule has 9 rings (SSSR count). The van der Waals surface area contributed by atoms with Crippen molar-refractivity contribution >= 4 is 110 Å². The van der Waals surface area contributed by atoms with Crippen LogP contribution in [0.25, 0.3) is 21.8 Å². The monoisotopic (exact) mass is 1460 g/mol. The second-order valence-corrected chi connectivity index (χ2v) is 27.9. The van der Waals surface area contributed by atoms with E-state index in [0.717, 1.165) is 11.1 Å². The molecule has 1 saturated heterocycles. The summed E-state index contributed by atoms with van der Waals surface area (Å²) in [5, 5.41) is 32.3. The largest absolute Gasteiger partial charge is 0.497 e. The minimum absolute atomic E-state index is 0.00819. The number of halogens is 2. The van der Waals surface area contributed by atoms with Crippen molar-refractivity contribution in [1.29, 1.82) is 0 Å². The zero-order valence-electron chi connectivity index (χ0n) is 57.0. The summed E-state index contributed by atoms with van der Waals surface area (Å²) < 4.78 is 35.3. The van der Waals surface area contributed by atoms with Crippen LogP contribution in [0.2, 0.25) is 0 Å². The number of hydrogen-bond donors (Lipinski definition) is 14. The number of H-pyrrole nitrogens is 3. The first-order valence-electron chi connectivity index (χ1n) is 33.7. The average Bonchev–Trinajstić information content (AvgIpc) is 1.69. The van der Waals surface area contributed by atoms with E-state index in [1.165, 1.54) is 104 Å². The number of fused-ring (bicyclic) bond motifs is 5. The first kappa shape index (κ1) is 76.8. The molecule has 2 aliphatic rings. The van der Waals surface area contributed by atoms with E-state index in [-0.39, 0.29) is 67.5 Å². The Bertz CT molecular complexity index is 4220. The Morgan fingerprint density at radius 1 is 0.660 bits per heavy atom. The number of aromatic amines is 3. The molecule has 103 heavy (non-hydrogen) atoms. The molecule has 7 aromatic rings. The van der Waals surface area contributed by atoms with E-state index in [1.54, 1.807) is 31.2 Å². The van der Waals surface area contributed by atoms with Gasteiger partial charge in [0.1, 0.15) is 71.3 Å². The smallest absolute Gasteiger partial charge is 0.305 e. The first-order chi connectivity index (χ1) is 49.4. The second kappa shape index (κ2) is 36.0.